The van der Waals surface area contributed by atoms with Crippen molar-refractivity contribution in [3.05, 3.63) is 47.5 Å². The summed E-state index contributed by atoms with van der Waals surface area (Å²) >= 11 is 1.91. The van der Waals surface area contributed by atoms with Gasteiger partial charge in [-0.2, -0.15) is 11.8 Å². The topological polar surface area (TPSA) is 26.3 Å². The summed E-state index contributed by atoms with van der Waals surface area (Å²) in [5, 5.41) is 0.547. The van der Waals surface area contributed by atoms with E-state index >= 15 is 0 Å². The monoisotopic (exact) mass is 332 g/mol. The molecule has 0 bridgehead atoms. The lowest BCUT2D eigenvalue weighted by Crippen LogP contribution is -2.25. The Kier molecular flexibility index (Phi) is 7.22. The molecule has 23 heavy (non-hydrogen) atoms. The Balaban J connectivity index is 1.72. The van der Waals surface area contributed by atoms with Gasteiger partial charge < -0.3 is 4.74 Å². The quantitative estimate of drug-likeness (QED) is 0.505. The van der Waals surface area contributed by atoms with Crippen LogP contribution in [0.1, 0.15) is 45.6 Å². The summed E-state index contributed by atoms with van der Waals surface area (Å²) < 4.78 is 5.35. The number of allylic oxidation sites excluding steroid dienone is 1. The molecular weight excluding hydrogens is 304 g/mol. The fourth-order valence-electron chi connectivity index (χ4n) is 3.02. The molecule has 0 saturated carbocycles. The van der Waals surface area contributed by atoms with Crippen molar-refractivity contribution in [2.75, 3.05) is 5.75 Å². The second-order valence-electron chi connectivity index (χ2n) is 6.69. The molecule has 0 aromatic heterocycles. The van der Waals surface area contributed by atoms with E-state index in [1.54, 1.807) is 0 Å². The molecular formula is C20H28O2S. The fraction of sp³-hybridized carbons (Fsp3) is 0.550. The summed E-state index contributed by atoms with van der Waals surface area (Å²) in [6.07, 6.45) is 5.40. The van der Waals surface area contributed by atoms with Gasteiger partial charge in [-0.1, -0.05) is 55.8 Å². The van der Waals surface area contributed by atoms with Crippen LogP contribution in [0, 0.1) is 11.8 Å². The molecule has 2 unspecified atom stereocenters. The van der Waals surface area contributed by atoms with Crippen molar-refractivity contribution in [3.8, 4) is 0 Å². The minimum Gasteiger partial charge on any atom is -0.461 e. The molecule has 0 heterocycles. The third-order valence-electron chi connectivity index (χ3n) is 4.46. The average molecular weight is 333 g/mol. The van der Waals surface area contributed by atoms with E-state index in [2.05, 4.69) is 26.8 Å². The zero-order valence-corrected chi connectivity index (χ0v) is 15.3. The van der Waals surface area contributed by atoms with Crippen LogP contribution in [-0.2, 0) is 16.1 Å². The van der Waals surface area contributed by atoms with Gasteiger partial charge in [0.05, 0.1) is 6.42 Å². The summed E-state index contributed by atoms with van der Waals surface area (Å²) in [5.74, 6) is 2.16. The highest BCUT2D eigenvalue weighted by atomic mass is 32.2. The van der Waals surface area contributed by atoms with Crippen LogP contribution < -0.4 is 0 Å². The first-order valence-corrected chi connectivity index (χ1v) is 9.59. The van der Waals surface area contributed by atoms with Gasteiger partial charge in [0.2, 0.25) is 0 Å². The number of benzene rings is 1. The number of carbonyl (C=O) groups is 1. The predicted molar refractivity (Wildman–Crippen MR) is 98.4 cm³/mol. The van der Waals surface area contributed by atoms with Crippen LogP contribution in [0.5, 0.6) is 0 Å². The molecule has 2 rings (SSSR count). The van der Waals surface area contributed by atoms with Crippen LogP contribution >= 0.6 is 11.8 Å². The highest BCUT2D eigenvalue weighted by molar-refractivity contribution is 8.00. The van der Waals surface area contributed by atoms with Crippen molar-refractivity contribution in [2.45, 2.75) is 51.9 Å². The molecule has 2 nitrogen and oxygen atoms in total. The minimum atomic E-state index is -0.0982. The van der Waals surface area contributed by atoms with Gasteiger partial charge in [0.25, 0.3) is 0 Å². The number of rotatable bonds is 7. The molecule has 0 fully saturated rings. The van der Waals surface area contributed by atoms with Gasteiger partial charge >= 0.3 is 5.97 Å². The van der Waals surface area contributed by atoms with Crippen LogP contribution in [0.15, 0.2) is 42.0 Å². The Morgan fingerprint density at radius 2 is 2.04 bits per heavy atom. The van der Waals surface area contributed by atoms with Crippen LogP contribution in [0.2, 0.25) is 0 Å². The molecule has 0 amide bonds. The van der Waals surface area contributed by atoms with Crippen molar-refractivity contribution in [1.29, 1.82) is 0 Å². The highest BCUT2D eigenvalue weighted by Gasteiger charge is 2.26. The molecule has 3 heteroatoms. The Morgan fingerprint density at radius 3 is 2.74 bits per heavy atom. The molecule has 0 aliphatic heterocycles. The van der Waals surface area contributed by atoms with Gasteiger partial charge in [-0.3, -0.25) is 4.79 Å². The maximum absolute atomic E-state index is 11.9. The van der Waals surface area contributed by atoms with E-state index < -0.39 is 0 Å². The second kappa shape index (κ2) is 9.17. The molecule has 126 valence electrons. The molecule has 0 spiro atoms. The van der Waals surface area contributed by atoms with Crippen molar-refractivity contribution >= 4 is 17.7 Å². The Bertz CT molecular complexity index is 522. The van der Waals surface area contributed by atoms with Crippen molar-refractivity contribution in [2.24, 2.45) is 11.8 Å². The Labute approximate surface area is 144 Å². The SMILES string of the molecule is CC1=CC(SCCC(=O)OCc2ccccc2)C(C(C)C)CC1. The maximum atomic E-state index is 11.9. The number of esters is 1. The first kappa shape index (κ1) is 18.1. The Morgan fingerprint density at radius 1 is 1.30 bits per heavy atom. The summed E-state index contributed by atoms with van der Waals surface area (Å²) in [6, 6.07) is 9.84. The average Bonchev–Trinajstić information content (AvgIpc) is 2.54. The van der Waals surface area contributed by atoms with Gasteiger partial charge in [-0.15, -0.1) is 0 Å². The van der Waals surface area contributed by atoms with E-state index in [0.29, 0.717) is 24.2 Å². The van der Waals surface area contributed by atoms with Crippen LogP contribution in [0.3, 0.4) is 0 Å². The van der Waals surface area contributed by atoms with Crippen molar-refractivity contribution in [1.82, 2.24) is 0 Å². The molecule has 0 radical (unpaired) electrons. The van der Waals surface area contributed by atoms with E-state index in [4.69, 9.17) is 4.74 Å². The summed E-state index contributed by atoms with van der Waals surface area (Å²) in [6.45, 7) is 7.21. The van der Waals surface area contributed by atoms with Gasteiger partial charge in [-0.05, 0) is 37.2 Å². The fourth-order valence-corrected chi connectivity index (χ4v) is 4.60. The third kappa shape index (κ3) is 6.06. The maximum Gasteiger partial charge on any atom is 0.306 e. The van der Waals surface area contributed by atoms with Gasteiger partial charge in [0.15, 0.2) is 0 Å². The minimum absolute atomic E-state index is 0.0982. The van der Waals surface area contributed by atoms with E-state index in [1.165, 1.54) is 18.4 Å². The number of ether oxygens (including phenoxy) is 1. The molecule has 2 atom stereocenters. The molecule has 1 aliphatic carbocycles. The van der Waals surface area contributed by atoms with E-state index in [1.807, 2.05) is 42.1 Å². The van der Waals surface area contributed by atoms with Crippen molar-refractivity contribution in [3.63, 3.8) is 0 Å². The summed E-state index contributed by atoms with van der Waals surface area (Å²) in [7, 11) is 0. The first-order valence-electron chi connectivity index (χ1n) is 8.54. The van der Waals surface area contributed by atoms with Crippen LogP contribution in [0.4, 0.5) is 0 Å². The molecule has 0 saturated heterocycles. The standard InChI is InChI=1S/C20H28O2S/c1-15(2)18-10-9-16(3)13-19(18)23-12-11-20(21)22-14-17-7-5-4-6-8-17/h4-8,13,15,18-19H,9-12,14H2,1-3H3. The van der Waals surface area contributed by atoms with E-state index in [-0.39, 0.29) is 5.97 Å². The van der Waals surface area contributed by atoms with E-state index in [9.17, 15) is 4.79 Å². The van der Waals surface area contributed by atoms with Gasteiger partial charge in [-0.25, -0.2) is 0 Å². The zero-order valence-electron chi connectivity index (χ0n) is 14.5. The van der Waals surface area contributed by atoms with Gasteiger partial charge in [0.1, 0.15) is 6.61 Å². The molecule has 0 N–H and O–H groups in total. The third-order valence-corrected chi connectivity index (χ3v) is 5.77. The normalized spacial score (nSPS) is 21.1. The number of thioether (sulfide) groups is 1. The number of carbonyl (C=O) groups excluding carboxylic acids is 1. The van der Waals surface area contributed by atoms with Crippen molar-refractivity contribution < 1.29 is 9.53 Å². The smallest absolute Gasteiger partial charge is 0.306 e. The zero-order chi connectivity index (χ0) is 16.7. The Hall–Kier alpha value is -1.22. The van der Waals surface area contributed by atoms with Crippen LogP contribution in [0.25, 0.3) is 0 Å². The van der Waals surface area contributed by atoms with E-state index in [0.717, 1.165) is 17.2 Å². The molecule has 1 aromatic carbocycles. The highest BCUT2D eigenvalue weighted by Crippen LogP contribution is 2.36. The number of hydrogen-bond donors (Lipinski definition) is 0. The number of hydrogen-bond acceptors (Lipinski definition) is 3. The summed E-state index contributed by atoms with van der Waals surface area (Å²) in [5.41, 5.74) is 2.53. The predicted octanol–water partition coefficient (Wildman–Crippen LogP) is 5.23. The van der Waals surface area contributed by atoms with Crippen LogP contribution in [-0.4, -0.2) is 17.0 Å². The van der Waals surface area contributed by atoms with Gasteiger partial charge in [0, 0.05) is 11.0 Å². The molecule has 1 aromatic rings. The molecule has 1 aliphatic rings. The largest absolute Gasteiger partial charge is 0.461 e. The lowest BCUT2D eigenvalue weighted by molar-refractivity contribution is -0.144. The summed E-state index contributed by atoms with van der Waals surface area (Å²) in [4.78, 5) is 11.9. The lowest BCUT2D eigenvalue weighted by atomic mass is 9.82. The lowest BCUT2D eigenvalue weighted by Gasteiger charge is -2.32. The first-order chi connectivity index (χ1) is 11.1. The second-order valence-corrected chi connectivity index (χ2v) is 7.98.